The Morgan fingerprint density at radius 1 is 1.39 bits per heavy atom. The van der Waals surface area contributed by atoms with Crippen LogP contribution in [0.4, 0.5) is 5.69 Å². The number of methoxy groups -OCH3 is 1. The molecule has 18 heavy (non-hydrogen) atoms. The smallest absolute Gasteiger partial charge is 0.175 e. The van der Waals surface area contributed by atoms with E-state index in [1.165, 1.54) is 6.26 Å². The second-order valence-corrected chi connectivity index (χ2v) is 6.44. The van der Waals surface area contributed by atoms with Crippen LogP contribution in [-0.4, -0.2) is 34.4 Å². The van der Waals surface area contributed by atoms with Gasteiger partial charge in [-0.1, -0.05) is 13.0 Å². The fourth-order valence-corrected chi connectivity index (χ4v) is 2.78. The summed E-state index contributed by atoms with van der Waals surface area (Å²) in [5, 5.41) is 3.28. The molecule has 0 fully saturated rings. The predicted octanol–water partition coefficient (Wildman–Crippen LogP) is 2.24. The van der Waals surface area contributed by atoms with Gasteiger partial charge in [-0.25, -0.2) is 8.42 Å². The van der Waals surface area contributed by atoms with E-state index in [2.05, 4.69) is 12.2 Å². The molecule has 0 heterocycles. The van der Waals surface area contributed by atoms with Crippen LogP contribution < -0.4 is 5.32 Å². The second kappa shape index (κ2) is 6.20. The van der Waals surface area contributed by atoms with Crippen molar-refractivity contribution in [2.45, 2.75) is 31.2 Å². The van der Waals surface area contributed by atoms with Crippen molar-refractivity contribution in [1.29, 1.82) is 0 Å². The molecule has 0 saturated heterocycles. The molecule has 0 aromatic heterocycles. The maximum absolute atomic E-state index is 11.6. The summed E-state index contributed by atoms with van der Waals surface area (Å²) in [6.07, 6.45) is 2.14. The van der Waals surface area contributed by atoms with Crippen molar-refractivity contribution in [2.75, 3.05) is 25.3 Å². The Morgan fingerprint density at radius 2 is 2.06 bits per heavy atom. The van der Waals surface area contributed by atoms with Crippen LogP contribution in [0.3, 0.4) is 0 Å². The van der Waals surface area contributed by atoms with Gasteiger partial charge >= 0.3 is 0 Å². The van der Waals surface area contributed by atoms with Crippen molar-refractivity contribution in [1.82, 2.24) is 0 Å². The molecule has 0 radical (unpaired) electrons. The van der Waals surface area contributed by atoms with Crippen LogP contribution in [0.25, 0.3) is 0 Å². The molecule has 0 aliphatic carbocycles. The first kappa shape index (κ1) is 15.0. The highest BCUT2D eigenvalue weighted by molar-refractivity contribution is 7.90. The summed E-state index contributed by atoms with van der Waals surface area (Å²) in [6.45, 7) is 4.45. The average molecular weight is 271 g/mol. The van der Waals surface area contributed by atoms with E-state index < -0.39 is 9.84 Å². The fraction of sp³-hybridized carbons (Fsp3) is 0.538. The fourth-order valence-electron chi connectivity index (χ4n) is 1.79. The first-order valence-corrected chi connectivity index (χ1v) is 7.83. The second-order valence-electron chi connectivity index (χ2n) is 4.46. The van der Waals surface area contributed by atoms with Gasteiger partial charge < -0.3 is 10.1 Å². The van der Waals surface area contributed by atoms with E-state index in [0.717, 1.165) is 17.7 Å². The standard InChI is InChI=1S/C13H21NO3S/c1-5-11(9-17-3)14-12-7-6-10(2)13(8-12)18(4,15)16/h6-8,11,14H,5,9H2,1-4H3. The van der Waals surface area contributed by atoms with Gasteiger partial charge in [-0.05, 0) is 31.0 Å². The molecular weight excluding hydrogens is 250 g/mol. The first-order valence-electron chi connectivity index (χ1n) is 5.94. The van der Waals surface area contributed by atoms with Gasteiger partial charge in [0.2, 0.25) is 0 Å². The normalized spacial score (nSPS) is 13.3. The highest BCUT2D eigenvalue weighted by atomic mass is 32.2. The lowest BCUT2D eigenvalue weighted by Crippen LogP contribution is -2.24. The third-order valence-corrected chi connectivity index (χ3v) is 4.06. The van der Waals surface area contributed by atoms with Crippen molar-refractivity contribution in [2.24, 2.45) is 0 Å². The van der Waals surface area contributed by atoms with E-state index in [-0.39, 0.29) is 6.04 Å². The zero-order chi connectivity index (χ0) is 13.8. The minimum absolute atomic E-state index is 0.185. The van der Waals surface area contributed by atoms with Gasteiger partial charge in [0.1, 0.15) is 0 Å². The summed E-state index contributed by atoms with van der Waals surface area (Å²) in [4.78, 5) is 0.375. The number of anilines is 1. The first-order chi connectivity index (χ1) is 8.38. The molecule has 1 aromatic rings. The Labute approximate surface area is 109 Å². The van der Waals surface area contributed by atoms with E-state index in [1.54, 1.807) is 20.1 Å². The Kier molecular flexibility index (Phi) is 5.16. The quantitative estimate of drug-likeness (QED) is 0.862. The molecular formula is C13H21NO3S. The van der Waals surface area contributed by atoms with Crippen molar-refractivity contribution in [3.05, 3.63) is 23.8 Å². The maximum atomic E-state index is 11.6. The van der Waals surface area contributed by atoms with Crippen LogP contribution in [0.5, 0.6) is 0 Å². The number of ether oxygens (including phenoxy) is 1. The Bertz CT molecular complexity index is 497. The molecule has 4 nitrogen and oxygen atoms in total. The molecule has 1 rings (SSSR count). The van der Waals surface area contributed by atoms with Gasteiger partial charge in [-0.3, -0.25) is 0 Å². The molecule has 0 bridgehead atoms. The van der Waals surface area contributed by atoms with E-state index in [0.29, 0.717) is 11.5 Å². The number of hydrogen-bond acceptors (Lipinski definition) is 4. The van der Waals surface area contributed by atoms with Crippen LogP contribution in [0.1, 0.15) is 18.9 Å². The molecule has 0 aliphatic heterocycles. The molecule has 1 unspecified atom stereocenters. The minimum atomic E-state index is -3.18. The molecule has 0 aliphatic rings. The summed E-state index contributed by atoms with van der Waals surface area (Å²) in [5.41, 5.74) is 1.58. The number of hydrogen-bond donors (Lipinski definition) is 1. The number of nitrogens with one attached hydrogen (secondary N) is 1. The zero-order valence-corrected chi connectivity index (χ0v) is 12.2. The molecule has 0 spiro atoms. The van der Waals surface area contributed by atoms with E-state index in [9.17, 15) is 8.42 Å². The Hall–Kier alpha value is -1.07. The Balaban J connectivity index is 2.98. The van der Waals surface area contributed by atoms with Crippen LogP contribution in [0, 0.1) is 6.92 Å². The minimum Gasteiger partial charge on any atom is -0.383 e. The van der Waals surface area contributed by atoms with Gasteiger partial charge in [0.25, 0.3) is 0 Å². The molecule has 102 valence electrons. The van der Waals surface area contributed by atoms with E-state index in [4.69, 9.17) is 4.74 Å². The van der Waals surface area contributed by atoms with Crippen LogP contribution in [0.2, 0.25) is 0 Å². The zero-order valence-electron chi connectivity index (χ0n) is 11.4. The lowest BCUT2D eigenvalue weighted by atomic mass is 10.2. The lowest BCUT2D eigenvalue weighted by Gasteiger charge is -2.18. The third-order valence-electron chi connectivity index (χ3n) is 2.82. The van der Waals surface area contributed by atoms with Gasteiger partial charge in [0.05, 0.1) is 11.5 Å². The van der Waals surface area contributed by atoms with Crippen LogP contribution in [0.15, 0.2) is 23.1 Å². The third kappa shape index (κ3) is 3.99. The summed E-state index contributed by atoms with van der Waals surface area (Å²) in [7, 11) is -1.53. The predicted molar refractivity (Wildman–Crippen MR) is 73.9 cm³/mol. The summed E-state index contributed by atoms with van der Waals surface area (Å²) in [5.74, 6) is 0. The van der Waals surface area contributed by atoms with Crippen LogP contribution >= 0.6 is 0 Å². The Morgan fingerprint density at radius 3 is 2.56 bits per heavy atom. The van der Waals surface area contributed by atoms with Gasteiger partial charge in [-0.15, -0.1) is 0 Å². The van der Waals surface area contributed by atoms with Gasteiger partial charge in [0.15, 0.2) is 9.84 Å². The van der Waals surface area contributed by atoms with Gasteiger partial charge in [-0.2, -0.15) is 0 Å². The van der Waals surface area contributed by atoms with Crippen molar-refractivity contribution in [3.63, 3.8) is 0 Å². The SMILES string of the molecule is CCC(COC)Nc1ccc(C)c(S(C)(=O)=O)c1. The van der Waals surface area contributed by atoms with Crippen molar-refractivity contribution in [3.8, 4) is 0 Å². The lowest BCUT2D eigenvalue weighted by molar-refractivity contribution is 0.184. The topological polar surface area (TPSA) is 55.4 Å². The van der Waals surface area contributed by atoms with Crippen molar-refractivity contribution >= 4 is 15.5 Å². The maximum Gasteiger partial charge on any atom is 0.175 e. The number of sulfone groups is 1. The molecule has 5 heteroatoms. The highest BCUT2D eigenvalue weighted by Crippen LogP contribution is 2.21. The highest BCUT2D eigenvalue weighted by Gasteiger charge is 2.13. The number of aryl methyl sites for hydroxylation is 1. The monoisotopic (exact) mass is 271 g/mol. The van der Waals surface area contributed by atoms with E-state index >= 15 is 0 Å². The van der Waals surface area contributed by atoms with Crippen LogP contribution in [-0.2, 0) is 14.6 Å². The molecule has 0 saturated carbocycles. The summed E-state index contributed by atoms with van der Waals surface area (Å²) < 4.78 is 28.4. The van der Waals surface area contributed by atoms with Crippen molar-refractivity contribution < 1.29 is 13.2 Å². The molecule has 1 atom stereocenters. The summed E-state index contributed by atoms with van der Waals surface area (Å²) >= 11 is 0. The van der Waals surface area contributed by atoms with E-state index in [1.807, 2.05) is 12.1 Å². The number of benzene rings is 1. The van der Waals surface area contributed by atoms with Gasteiger partial charge in [0, 0.05) is 25.1 Å². The largest absolute Gasteiger partial charge is 0.383 e. The summed E-state index contributed by atoms with van der Waals surface area (Å²) in [6, 6.07) is 5.58. The number of rotatable bonds is 6. The molecule has 1 aromatic carbocycles. The average Bonchev–Trinajstić information content (AvgIpc) is 2.29. The molecule has 0 amide bonds. The molecule has 1 N–H and O–H groups in total.